The normalized spacial score (nSPS) is 23.1. The molecule has 2 aliphatic heterocycles. The summed E-state index contributed by atoms with van der Waals surface area (Å²) in [7, 11) is 0. The summed E-state index contributed by atoms with van der Waals surface area (Å²) < 4.78 is 13.6. The molecule has 0 aromatic heterocycles. The van der Waals surface area contributed by atoms with Crippen molar-refractivity contribution >= 4 is 41.1 Å². The molecule has 2 aliphatic rings. The predicted octanol–water partition coefficient (Wildman–Crippen LogP) is 3.25. The van der Waals surface area contributed by atoms with E-state index in [4.69, 9.17) is 23.2 Å². The number of unbranched alkanes of at least 4 members (excludes halogenated alkanes) is 1. The lowest BCUT2D eigenvalue weighted by Gasteiger charge is -2.32. The number of aliphatic hydroxyl groups is 1. The quantitative estimate of drug-likeness (QED) is 0.475. The summed E-state index contributed by atoms with van der Waals surface area (Å²) >= 11 is 11.9. The SMILES string of the molecule is O=C(C=Cc1ccc(Cl)c(Cl)c1)N1CCC(=O)N(CCCCN2CC[C@@H](O)[C@@H](F)C2)CC1. The minimum absolute atomic E-state index is 0.0543. The van der Waals surface area contributed by atoms with Crippen LogP contribution in [0.1, 0.15) is 31.2 Å². The van der Waals surface area contributed by atoms with Gasteiger partial charge in [0.25, 0.3) is 0 Å². The van der Waals surface area contributed by atoms with Crippen LogP contribution in [-0.2, 0) is 9.59 Å². The van der Waals surface area contributed by atoms with Crippen LogP contribution in [0.4, 0.5) is 4.39 Å². The first-order chi connectivity index (χ1) is 15.3. The Kier molecular flexibility index (Phi) is 9.34. The van der Waals surface area contributed by atoms with E-state index in [1.165, 1.54) is 6.08 Å². The zero-order chi connectivity index (χ0) is 23.1. The second-order valence-electron chi connectivity index (χ2n) is 8.34. The number of piperidine rings is 1. The molecule has 0 unspecified atom stereocenters. The number of hydrogen-bond acceptors (Lipinski definition) is 4. The molecule has 0 aliphatic carbocycles. The van der Waals surface area contributed by atoms with Crippen molar-refractivity contribution in [1.29, 1.82) is 0 Å². The highest BCUT2D eigenvalue weighted by molar-refractivity contribution is 6.42. The van der Waals surface area contributed by atoms with Crippen LogP contribution in [-0.4, -0.2) is 89.7 Å². The Balaban J connectivity index is 1.41. The summed E-state index contributed by atoms with van der Waals surface area (Å²) in [6.45, 7) is 3.77. The summed E-state index contributed by atoms with van der Waals surface area (Å²) in [5.74, 6) is -0.0857. The van der Waals surface area contributed by atoms with E-state index in [0.717, 1.165) is 24.9 Å². The number of benzene rings is 1. The fraction of sp³-hybridized carbons (Fsp3) is 0.565. The lowest BCUT2D eigenvalue weighted by atomic mass is 10.1. The third kappa shape index (κ3) is 7.17. The smallest absolute Gasteiger partial charge is 0.246 e. The minimum atomic E-state index is -1.18. The standard InChI is InChI=1S/C23H30Cl2FN3O3/c24-18-5-3-17(15-19(18)25)4-6-22(31)29-12-8-23(32)28(13-14-29)10-2-1-9-27-11-7-21(30)20(26)16-27/h3-6,15,20-21,30H,1-2,7-14,16H2/t20-,21+/m0/s1. The van der Waals surface area contributed by atoms with Crippen molar-refractivity contribution in [2.45, 2.75) is 38.0 Å². The number of alkyl halides is 1. The highest BCUT2D eigenvalue weighted by Gasteiger charge is 2.27. The van der Waals surface area contributed by atoms with E-state index >= 15 is 0 Å². The van der Waals surface area contributed by atoms with Gasteiger partial charge in [0.15, 0.2) is 0 Å². The van der Waals surface area contributed by atoms with Crippen molar-refractivity contribution in [3.63, 3.8) is 0 Å². The van der Waals surface area contributed by atoms with E-state index < -0.39 is 12.3 Å². The van der Waals surface area contributed by atoms with Crippen molar-refractivity contribution < 1.29 is 19.1 Å². The average molecular weight is 486 g/mol. The number of rotatable bonds is 7. The molecule has 2 heterocycles. The fourth-order valence-corrected chi connectivity index (χ4v) is 4.32. The Morgan fingerprint density at radius 3 is 2.66 bits per heavy atom. The molecular formula is C23H30Cl2FN3O3. The minimum Gasteiger partial charge on any atom is -0.390 e. The van der Waals surface area contributed by atoms with E-state index in [1.807, 2.05) is 9.80 Å². The molecule has 6 nitrogen and oxygen atoms in total. The molecule has 0 saturated carbocycles. The molecule has 2 saturated heterocycles. The third-order valence-corrected chi connectivity index (χ3v) is 6.74. The van der Waals surface area contributed by atoms with Crippen LogP contribution in [0, 0.1) is 0 Å². The fourth-order valence-electron chi connectivity index (χ4n) is 4.01. The molecular weight excluding hydrogens is 456 g/mol. The molecule has 1 aromatic rings. The lowest BCUT2D eigenvalue weighted by molar-refractivity contribution is -0.130. The Hall–Kier alpha value is -1.67. The molecule has 1 N–H and O–H groups in total. The van der Waals surface area contributed by atoms with Crippen molar-refractivity contribution in [1.82, 2.24) is 14.7 Å². The van der Waals surface area contributed by atoms with Crippen LogP contribution in [0.25, 0.3) is 6.08 Å². The summed E-state index contributed by atoms with van der Waals surface area (Å²) in [4.78, 5) is 30.6. The van der Waals surface area contributed by atoms with Gasteiger partial charge >= 0.3 is 0 Å². The maximum absolute atomic E-state index is 13.6. The van der Waals surface area contributed by atoms with Crippen molar-refractivity contribution in [2.24, 2.45) is 0 Å². The first-order valence-electron chi connectivity index (χ1n) is 11.1. The topological polar surface area (TPSA) is 64.1 Å². The number of nitrogens with zero attached hydrogens (tertiary/aromatic N) is 3. The number of amides is 2. The van der Waals surface area contributed by atoms with Gasteiger partial charge in [0.05, 0.1) is 16.1 Å². The Morgan fingerprint density at radius 2 is 1.91 bits per heavy atom. The second kappa shape index (κ2) is 12.0. The maximum atomic E-state index is 13.6. The first kappa shape index (κ1) is 25.0. The highest BCUT2D eigenvalue weighted by atomic mass is 35.5. The number of halogens is 3. The van der Waals surface area contributed by atoms with E-state index in [2.05, 4.69) is 0 Å². The largest absolute Gasteiger partial charge is 0.390 e. The molecule has 0 bridgehead atoms. The number of hydrogen-bond donors (Lipinski definition) is 1. The molecule has 176 valence electrons. The van der Waals surface area contributed by atoms with Gasteiger partial charge in [-0.2, -0.15) is 0 Å². The molecule has 32 heavy (non-hydrogen) atoms. The van der Waals surface area contributed by atoms with Gasteiger partial charge in [-0.1, -0.05) is 29.3 Å². The monoisotopic (exact) mass is 485 g/mol. The first-order valence-corrected chi connectivity index (χ1v) is 11.8. The van der Waals surface area contributed by atoms with E-state index in [1.54, 1.807) is 29.2 Å². The van der Waals surface area contributed by atoms with Gasteiger partial charge in [0.1, 0.15) is 6.17 Å². The molecule has 0 spiro atoms. The van der Waals surface area contributed by atoms with Gasteiger partial charge in [0, 0.05) is 51.8 Å². The van der Waals surface area contributed by atoms with E-state index in [9.17, 15) is 19.1 Å². The van der Waals surface area contributed by atoms with Gasteiger partial charge < -0.3 is 19.8 Å². The predicted molar refractivity (Wildman–Crippen MR) is 124 cm³/mol. The zero-order valence-electron chi connectivity index (χ0n) is 18.1. The number of likely N-dealkylation sites (tertiary alicyclic amines) is 1. The maximum Gasteiger partial charge on any atom is 0.246 e. The number of carbonyl (C=O) groups excluding carboxylic acids is 2. The second-order valence-corrected chi connectivity index (χ2v) is 9.16. The summed E-state index contributed by atoms with van der Waals surface area (Å²) in [5.41, 5.74) is 0.780. The van der Waals surface area contributed by atoms with Crippen LogP contribution >= 0.6 is 23.2 Å². The van der Waals surface area contributed by atoms with Crippen LogP contribution in [0.15, 0.2) is 24.3 Å². The lowest BCUT2D eigenvalue weighted by Crippen LogP contribution is -2.44. The van der Waals surface area contributed by atoms with Gasteiger partial charge in [-0.15, -0.1) is 0 Å². The van der Waals surface area contributed by atoms with Crippen LogP contribution in [0.2, 0.25) is 10.0 Å². The molecule has 2 amide bonds. The molecule has 2 atom stereocenters. The van der Waals surface area contributed by atoms with Crippen LogP contribution < -0.4 is 0 Å². The van der Waals surface area contributed by atoms with Crippen LogP contribution in [0.5, 0.6) is 0 Å². The van der Waals surface area contributed by atoms with Crippen molar-refractivity contribution in [2.75, 3.05) is 45.8 Å². The molecule has 3 rings (SSSR count). The molecule has 2 fully saturated rings. The molecule has 0 radical (unpaired) electrons. The third-order valence-electron chi connectivity index (χ3n) is 6.01. The number of aliphatic hydroxyl groups excluding tert-OH is 1. The molecule has 1 aromatic carbocycles. The number of carbonyl (C=O) groups is 2. The van der Waals surface area contributed by atoms with Gasteiger partial charge in [-0.3, -0.25) is 9.59 Å². The summed E-state index contributed by atoms with van der Waals surface area (Å²) in [5, 5.41) is 10.4. The Morgan fingerprint density at radius 1 is 1.12 bits per heavy atom. The Bertz CT molecular complexity index is 839. The Labute approximate surface area is 198 Å². The van der Waals surface area contributed by atoms with Crippen LogP contribution in [0.3, 0.4) is 0 Å². The van der Waals surface area contributed by atoms with Crippen molar-refractivity contribution in [3.8, 4) is 0 Å². The van der Waals surface area contributed by atoms with E-state index in [-0.39, 0.29) is 18.4 Å². The van der Waals surface area contributed by atoms with Gasteiger partial charge in [-0.25, -0.2) is 4.39 Å². The van der Waals surface area contributed by atoms with E-state index in [0.29, 0.717) is 55.6 Å². The van der Waals surface area contributed by atoms with Crippen molar-refractivity contribution in [3.05, 3.63) is 39.9 Å². The summed E-state index contributed by atoms with van der Waals surface area (Å²) in [6.07, 6.45) is 3.63. The van der Waals surface area contributed by atoms with Gasteiger partial charge in [-0.05, 0) is 49.6 Å². The highest BCUT2D eigenvalue weighted by Crippen LogP contribution is 2.23. The van der Waals surface area contributed by atoms with Gasteiger partial charge in [0.2, 0.25) is 11.8 Å². The summed E-state index contributed by atoms with van der Waals surface area (Å²) in [6, 6.07) is 5.16. The molecule has 9 heteroatoms. The zero-order valence-corrected chi connectivity index (χ0v) is 19.6. The average Bonchev–Trinajstić information content (AvgIpc) is 2.96.